The van der Waals surface area contributed by atoms with Crippen LogP contribution in [0.3, 0.4) is 0 Å². The van der Waals surface area contributed by atoms with Gasteiger partial charge in [-0.25, -0.2) is 29.0 Å². The lowest BCUT2D eigenvalue weighted by molar-refractivity contribution is 0.0599. The number of esters is 1. The largest absolute Gasteiger partial charge is 0.477 e. The molecule has 6 rings (SSSR count). The van der Waals surface area contributed by atoms with E-state index >= 15 is 0 Å². The number of benzene rings is 2. The summed E-state index contributed by atoms with van der Waals surface area (Å²) in [6.45, 7) is 3.53. The summed E-state index contributed by atoms with van der Waals surface area (Å²) < 4.78 is 5.51. The highest BCUT2D eigenvalue weighted by atomic mass is 35.5. The maximum absolute atomic E-state index is 12.5. The number of nitrogens with zero attached hydrogens (tertiary/aromatic N) is 4. The third-order valence-corrected chi connectivity index (χ3v) is 7.73. The van der Waals surface area contributed by atoms with Crippen LogP contribution in [-0.4, -0.2) is 56.2 Å². The van der Waals surface area contributed by atoms with Gasteiger partial charge >= 0.3 is 17.6 Å². The first-order valence-electron chi connectivity index (χ1n) is 14.3. The number of carboxylic acids is 1. The second-order valence-electron chi connectivity index (χ2n) is 10.7. The number of anilines is 2. The van der Waals surface area contributed by atoms with Crippen LogP contribution in [0.1, 0.15) is 66.6 Å². The molecule has 1 aliphatic rings. The van der Waals surface area contributed by atoms with Crippen molar-refractivity contribution in [3.05, 3.63) is 119 Å². The van der Waals surface area contributed by atoms with E-state index in [2.05, 4.69) is 37.3 Å². The first-order valence-corrected chi connectivity index (χ1v) is 14.3. The SMILES string of the molecule is COC(=O)c1ccc([C@H](C)NC(=O)c2cc(C(=O)O)n3[nH]c(=O)nc3n2)cc1.Cl.NCc1ccc2c(c1)CN(c1c(N)c(=O)c1=O)CC2. The van der Waals surface area contributed by atoms with Crippen LogP contribution >= 0.6 is 12.4 Å². The van der Waals surface area contributed by atoms with Crippen LogP contribution in [-0.2, 0) is 24.2 Å². The Morgan fingerprint density at radius 3 is 2.38 bits per heavy atom. The topological polar surface area (TPSA) is 245 Å². The summed E-state index contributed by atoms with van der Waals surface area (Å²) in [5.74, 6) is -2.71. The maximum atomic E-state index is 12.5. The zero-order valence-corrected chi connectivity index (χ0v) is 26.5. The molecule has 0 radical (unpaired) electrons. The van der Waals surface area contributed by atoms with E-state index in [4.69, 9.17) is 11.5 Å². The van der Waals surface area contributed by atoms with Crippen LogP contribution in [0.4, 0.5) is 11.4 Å². The number of halogens is 1. The number of fused-ring (bicyclic) bond motifs is 2. The Balaban J connectivity index is 0.000000227. The molecule has 17 heteroatoms. The number of H-pyrrole nitrogens is 1. The average molecular weight is 679 g/mol. The van der Waals surface area contributed by atoms with Crippen LogP contribution in [0.2, 0.25) is 0 Å². The van der Waals surface area contributed by atoms with E-state index < -0.39 is 40.4 Å². The fourth-order valence-electron chi connectivity index (χ4n) is 5.18. The molecule has 0 fully saturated rings. The van der Waals surface area contributed by atoms with Crippen molar-refractivity contribution >= 4 is 47.4 Å². The third kappa shape index (κ3) is 6.93. The van der Waals surface area contributed by atoms with Gasteiger partial charge in [-0.05, 0) is 47.7 Å². The van der Waals surface area contributed by atoms with Gasteiger partial charge in [0.15, 0.2) is 5.69 Å². The number of methoxy groups -OCH3 is 1. The van der Waals surface area contributed by atoms with Crippen molar-refractivity contribution in [1.82, 2.24) is 24.9 Å². The summed E-state index contributed by atoms with van der Waals surface area (Å²) in [5, 5.41) is 14.2. The Labute approximate surface area is 277 Å². The quantitative estimate of drug-likeness (QED) is 0.118. The molecule has 0 unspecified atom stereocenters. The minimum absolute atomic E-state index is 0. The summed E-state index contributed by atoms with van der Waals surface area (Å²) in [4.78, 5) is 78.8. The van der Waals surface area contributed by atoms with E-state index in [1.165, 1.54) is 12.7 Å². The molecule has 7 N–H and O–H groups in total. The minimum Gasteiger partial charge on any atom is -0.477 e. The molecule has 0 saturated heterocycles. The molecule has 2 aromatic heterocycles. The van der Waals surface area contributed by atoms with Gasteiger partial charge in [0.25, 0.3) is 22.5 Å². The lowest BCUT2D eigenvalue weighted by Gasteiger charge is -2.31. The Hall–Kier alpha value is -5.87. The summed E-state index contributed by atoms with van der Waals surface area (Å²) in [7, 11) is 1.28. The number of hydrogen-bond acceptors (Lipinski definition) is 12. The van der Waals surface area contributed by atoms with Crippen LogP contribution < -0.4 is 38.2 Å². The number of carbonyl (C=O) groups excluding carboxylic acids is 2. The molecule has 0 bridgehead atoms. The van der Waals surface area contributed by atoms with Gasteiger partial charge in [-0.2, -0.15) is 4.98 Å². The number of rotatable bonds is 7. The lowest BCUT2D eigenvalue weighted by Crippen LogP contribution is -2.44. The Bertz CT molecular complexity index is 2150. The predicted molar refractivity (Wildman–Crippen MR) is 176 cm³/mol. The second kappa shape index (κ2) is 14.3. The molecule has 0 aliphatic carbocycles. The number of carbonyl (C=O) groups is 3. The summed E-state index contributed by atoms with van der Waals surface area (Å²) in [6, 6.07) is 13.2. The monoisotopic (exact) mass is 678 g/mol. The minimum atomic E-state index is -1.36. The molecule has 5 aromatic rings. The van der Waals surface area contributed by atoms with Gasteiger partial charge < -0.3 is 31.5 Å². The summed E-state index contributed by atoms with van der Waals surface area (Å²) in [5.41, 5.74) is 13.9. The van der Waals surface area contributed by atoms with Crippen molar-refractivity contribution in [2.24, 2.45) is 5.73 Å². The fourth-order valence-corrected chi connectivity index (χ4v) is 5.18. The molecule has 0 saturated carbocycles. The molecule has 1 aliphatic heterocycles. The molecule has 1 atom stereocenters. The van der Waals surface area contributed by atoms with E-state index in [0.29, 0.717) is 36.4 Å². The van der Waals surface area contributed by atoms with Crippen molar-refractivity contribution in [1.29, 1.82) is 0 Å². The molecule has 48 heavy (non-hydrogen) atoms. The number of aromatic carboxylic acids is 1. The van der Waals surface area contributed by atoms with Crippen LogP contribution in [0.25, 0.3) is 5.78 Å². The van der Waals surface area contributed by atoms with Gasteiger partial charge in [0.1, 0.15) is 17.1 Å². The number of nitrogen functional groups attached to an aromatic ring is 1. The number of carboxylic acid groups (broad SMARTS) is 1. The second-order valence-corrected chi connectivity index (χ2v) is 10.7. The van der Waals surface area contributed by atoms with Crippen molar-refractivity contribution in [2.75, 3.05) is 24.3 Å². The predicted octanol–water partition coefficient (Wildman–Crippen LogP) is 0.701. The normalized spacial score (nSPS) is 12.7. The number of ether oxygens (including phenoxy) is 1. The number of aromatic amines is 1. The first-order chi connectivity index (χ1) is 22.4. The van der Waals surface area contributed by atoms with Crippen molar-refractivity contribution in [3.8, 4) is 0 Å². The van der Waals surface area contributed by atoms with Crippen molar-refractivity contribution in [3.63, 3.8) is 0 Å². The van der Waals surface area contributed by atoms with E-state index in [1.54, 1.807) is 31.2 Å². The smallest absolute Gasteiger partial charge is 0.363 e. The van der Waals surface area contributed by atoms with Crippen molar-refractivity contribution in [2.45, 2.75) is 32.5 Å². The van der Waals surface area contributed by atoms with Crippen LogP contribution in [0, 0.1) is 0 Å². The molecule has 250 valence electrons. The Kier molecular flexibility index (Phi) is 10.4. The zero-order valence-electron chi connectivity index (χ0n) is 25.7. The first kappa shape index (κ1) is 35.0. The lowest BCUT2D eigenvalue weighted by atomic mass is 9.96. The molecular weight excluding hydrogens is 648 g/mol. The van der Waals surface area contributed by atoms with Crippen LogP contribution in [0.5, 0.6) is 0 Å². The number of aromatic nitrogens is 4. The highest BCUT2D eigenvalue weighted by molar-refractivity contribution is 5.96. The van der Waals surface area contributed by atoms with Gasteiger partial charge in [0, 0.05) is 25.7 Å². The van der Waals surface area contributed by atoms with Gasteiger partial charge in [-0.15, -0.1) is 12.4 Å². The van der Waals surface area contributed by atoms with E-state index in [-0.39, 0.29) is 35.3 Å². The fraction of sp³-hybridized carbons (Fsp3) is 0.226. The summed E-state index contributed by atoms with van der Waals surface area (Å²) >= 11 is 0. The number of nitrogens with one attached hydrogen (secondary N) is 2. The van der Waals surface area contributed by atoms with Crippen LogP contribution in [0.15, 0.2) is 62.9 Å². The van der Waals surface area contributed by atoms with Gasteiger partial charge in [-0.3, -0.25) is 14.4 Å². The number of hydrogen-bond donors (Lipinski definition) is 5. The van der Waals surface area contributed by atoms with Crippen molar-refractivity contribution < 1.29 is 24.2 Å². The molecule has 1 amide bonds. The molecule has 3 aromatic carbocycles. The van der Waals surface area contributed by atoms with Gasteiger partial charge in [0.05, 0.1) is 18.7 Å². The standard InChI is InChI=1S/C17H15N5O6.C14H15N3O2.ClH/c1-8(9-3-5-10(6-4-9)15(26)28-2)18-13(23)11-7-12(14(24)25)22-16(19-11)20-17(27)21-22;15-6-8-1-2-9-3-4-17(7-10(9)5-8)12-11(16)13(18)14(12)19;/h3-8H,1-2H3,(H,18,23)(H,21,27)(H,24,25);1-2,5H,3-4,6-7,15-16H2;1H/t8-;;/m0../s1. The Morgan fingerprint density at radius 2 is 1.75 bits per heavy atom. The highest BCUT2D eigenvalue weighted by Gasteiger charge is 2.27. The molecule has 0 spiro atoms. The Morgan fingerprint density at radius 1 is 1.04 bits per heavy atom. The summed E-state index contributed by atoms with van der Waals surface area (Å²) in [6.07, 6.45) is 0.846. The van der Waals surface area contributed by atoms with Gasteiger partial charge in [0.2, 0.25) is 0 Å². The zero-order chi connectivity index (χ0) is 34.0. The molecular formula is C31H31ClN8O8. The maximum Gasteiger partial charge on any atom is 0.363 e. The third-order valence-electron chi connectivity index (χ3n) is 7.73. The number of amides is 1. The van der Waals surface area contributed by atoms with E-state index in [0.717, 1.165) is 28.1 Å². The number of nitrogens with two attached hydrogens (primary N) is 2. The van der Waals surface area contributed by atoms with E-state index in [9.17, 15) is 33.9 Å². The molecule has 16 nitrogen and oxygen atoms in total. The highest BCUT2D eigenvalue weighted by Crippen LogP contribution is 2.26. The van der Waals surface area contributed by atoms with Gasteiger partial charge in [-0.1, -0.05) is 30.3 Å². The average Bonchev–Trinajstić information content (AvgIpc) is 3.47. The van der Waals surface area contributed by atoms with E-state index in [1.807, 2.05) is 11.0 Å². The molecule has 3 heterocycles.